The summed E-state index contributed by atoms with van der Waals surface area (Å²) in [5.41, 5.74) is 8.15. The summed E-state index contributed by atoms with van der Waals surface area (Å²) >= 11 is 0. The summed E-state index contributed by atoms with van der Waals surface area (Å²) in [6.07, 6.45) is 5.34. The molecule has 0 aromatic carbocycles. The summed E-state index contributed by atoms with van der Waals surface area (Å²) in [6.45, 7) is 6.18. The Bertz CT molecular complexity index is 190. The third-order valence-corrected chi connectivity index (χ3v) is 2.98. The van der Waals surface area contributed by atoms with Crippen molar-refractivity contribution in [3.63, 3.8) is 0 Å². The second-order valence-electron chi connectivity index (χ2n) is 4.03. The van der Waals surface area contributed by atoms with Crippen molar-refractivity contribution in [2.45, 2.75) is 32.6 Å². The standard InChI is InChI=1S/C10H20N4/c1-2-3-10-4-7-14(8-5-10)9-6-12-13-11/h10H,2-9H2,1H3. The average Bonchev–Trinajstić information content (AvgIpc) is 2.21. The summed E-state index contributed by atoms with van der Waals surface area (Å²) in [5.74, 6) is 0.940. The van der Waals surface area contributed by atoms with Crippen molar-refractivity contribution >= 4 is 0 Å². The number of azide groups is 1. The van der Waals surface area contributed by atoms with E-state index < -0.39 is 0 Å². The predicted molar refractivity (Wildman–Crippen MR) is 58.1 cm³/mol. The van der Waals surface area contributed by atoms with Gasteiger partial charge in [-0.05, 0) is 37.4 Å². The zero-order chi connectivity index (χ0) is 10.2. The van der Waals surface area contributed by atoms with Crippen LogP contribution >= 0.6 is 0 Å². The van der Waals surface area contributed by atoms with Crippen molar-refractivity contribution in [3.05, 3.63) is 10.4 Å². The van der Waals surface area contributed by atoms with E-state index in [0.29, 0.717) is 6.54 Å². The zero-order valence-corrected chi connectivity index (χ0v) is 9.02. The van der Waals surface area contributed by atoms with E-state index in [1.165, 1.54) is 38.8 Å². The third-order valence-electron chi connectivity index (χ3n) is 2.98. The number of rotatable bonds is 5. The highest BCUT2D eigenvalue weighted by Gasteiger charge is 2.17. The van der Waals surface area contributed by atoms with Gasteiger partial charge in [0.15, 0.2) is 0 Å². The van der Waals surface area contributed by atoms with Crippen LogP contribution in [0.4, 0.5) is 0 Å². The van der Waals surface area contributed by atoms with E-state index in [2.05, 4.69) is 21.8 Å². The van der Waals surface area contributed by atoms with Gasteiger partial charge in [-0.3, -0.25) is 0 Å². The largest absolute Gasteiger partial charge is 0.303 e. The first-order valence-electron chi connectivity index (χ1n) is 5.60. The molecule has 0 aliphatic carbocycles. The van der Waals surface area contributed by atoms with Crippen molar-refractivity contribution in [2.75, 3.05) is 26.2 Å². The van der Waals surface area contributed by atoms with Crippen LogP contribution in [0.5, 0.6) is 0 Å². The van der Waals surface area contributed by atoms with Crippen LogP contribution in [0.15, 0.2) is 5.11 Å². The number of hydrogen-bond acceptors (Lipinski definition) is 2. The Kier molecular flexibility index (Phi) is 5.42. The van der Waals surface area contributed by atoms with Gasteiger partial charge in [0.2, 0.25) is 0 Å². The van der Waals surface area contributed by atoms with Gasteiger partial charge in [0.05, 0.1) is 0 Å². The highest BCUT2D eigenvalue weighted by molar-refractivity contribution is 4.72. The van der Waals surface area contributed by atoms with Gasteiger partial charge < -0.3 is 4.90 Å². The fraction of sp³-hybridized carbons (Fsp3) is 1.00. The van der Waals surface area contributed by atoms with E-state index in [1.54, 1.807) is 0 Å². The molecule has 0 saturated carbocycles. The average molecular weight is 196 g/mol. The lowest BCUT2D eigenvalue weighted by Gasteiger charge is -2.31. The van der Waals surface area contributed by atoms with E-state index in [4.69, 9.17) is 5.53 Å². The van der Waals surface area contributed by atoms with Crippen molar-refractivity contribution in [2.24, 2.45) is 11.0 Å². The summed E-state index contributed by atoms with van der Waals surface area (Å²) in [7, 11) is 0. The van der Waals surface area contributed by atoms with Crippen LogP contribution in [0, 0.1) is 5.92 Å². The summed E-state index contributed by atoms with van der Waals surface area (Å²) < 4.78 is 0. The highest BCUT2D eigenvalue weighted by Crippen LogP contribution is 2.21. The van der Waals surface area contributed by atoms with Gasteiger partial charge in [-0.15, -0.1) is 0 Å². The molecule has 0 radical (unpaired) electrons. The van der Waals surface area contributed by atoms with Crippen LogP contribution in [0.3, 0.4) is 0 Å². The van der Waals surface area contributed by atoms with Crippen molar-refractivity contribution in [1.82, 2.24) is 4.90 Å². The van der Waals surface area contributed by atoms with Gasteiger partial charge >= 0.3 is 0 Å². The molecule has 1 aliphatic heterocycles. The van der Waals surface area contributed by atoms with E-state index >= 15 is 0 Å². The molecule has 14 heavy (non-hydrogen) atoms. The molecule has 4 nitrogen and oxygen atoms in total. The van der Waals surface area contributed by atoms with E-state index in [1.807, 2.05) is 0 Å². The van der Waals surface area contributed by atoms with Crippen LogP contribution < -0.4 is 0 Å². The topological polar surface area (TPSA) is 52.0 Å². The van der Waals surface area contributed by atoms with E-state index in [0.717, 1.165) is 12.5 Å². The van der Waals surface area contributed by atoms with Crippen LogP contribution in [-0.2, 0) is 0 Å². The van der Waals surface area contributed by atoms with Gasteiger partial charge in [-0.1, -0.05) is 24.9 Å². The first-order chi connectivity index (χ1) is 6.86. The highest BCUT2D eigenvalue weighted by atomic mass is 15.2. The van der Waals surface area contributed by atoms with Gasteiger partial charge in [0.25, 0.3) is 0 Å². The molecule has 0 unspecified atom stereocenters. The lowest BCUT2D eigenvalue weighted by molar-refractivity contribution is 0.183. The van der Waals surface area contributed by atoms with Gasteiger partial charge in [-0.2, -0.15) is 0 Å². The lowest BCUT2D eigenvalue weighted by Crippen LogP contribution is -2.35. The molecular formula is C10H20N4. The second kappa shape index (κ2) is 6.68. The zero-order valence-electron chi connectivity index (χ0n) is 9.02. The predicted octanol–water partition coefficient (Wildman–Crippen LogP) is 2.81. The maximum atomic E-state index is 8.15. The van der Waals surface area contributed by atoms with Gasteiger partial charge in [0, 0.05) is 18.0 Å². The van der Waals surface area contributed by atoms with Gasteiger partial charge in [-0.25, -0.2) is 0 Å². The Morgan fingerprint density at radius 1 is 1.43 bits per heavy atom. The maximum Gasteiger partial charge on any atom is 0.0385 e. The molecular weight excluding hydrogens is 176 g/mol. The van der Waals surface area contributed by atoms with Crippen molar-refractivity contribution in [1.29, 1.82) is 0 Å². The number of nitrogens with zero attached hydrogens (tertiary/aromatic N) is 4. The van der Waals surface area contributed by atoms with Crippen molar-refractivity contribution < 1.29 is 0 Å². The molecule has 4 heteroatoms. The second-order valence-corrected chi connectivity index (χ2v) is 4.03. The first-order valence-corrected chi connectivity index (χ1v) is 5.60. The minimum Gasteiger partial charge on any atom is -0.303 e. The molecule has 1 heterocycles. The molecule has 0 bridgehead atoms. The monoisotopic (exact) mass is 196 g/mol. The molecule has 0 aromatic heterocycles. The molecule has 1 aliphatic rings. The Morgan fingerprint density at radius 2 is 2.14 bits per heavy atom. The van der Waals surface area contributed by atoms with E-state index in [9.17, 15) is 0 Å². The molecule has 0 N–H and O–H groups in total. The quantitative estimate of drug-likeness (QED) is 0.379. The summed E-state index contributed by atoms with van der Waals surface area (Å²) in [5, 5.41) is 3.56. The van der Waals surface area contributed by atoms with E-state index in [-0.39, 0.29) is 0 Å². The smallest absolute Gasteiger partial charge is 0.0385 e. The van der Waals surface area contributed by atoms with Crippen LogP contribution in [-0.4, -0.2) is 31.1 Å². The van der Waals surface area contributed by atoms with Gasteiger partial charge in [0.1, 0.15) is 0 Å². The Morgan fingerprint density at radius 3 is 2.71 bits per heavy atom. The molecule has 80 valence electrons. The van der Waals surface area contributed by atoms with Crippen LogP contribution in [0.1, 0.15) is 32.6 Å². The normalized spacial score (nSPS) is 19.2. The Labute approximate surface area is 85.9 Å². The number of likely N-dealkylation sites (tertiary alicyclic amines) is 1. The summed E-state index contributed by atoms with van der Waals surface area (Å²) in [6, 6.07) is 0. The minimum absolute atomic E-state index is 0.620. The SMILES string of the molecule is CCCC1CCN(CCN=[N+]=[N-])CC1. The minimum atomic E-state index is 0.620. The fourth-order valence-corrected chi connectivity index (χ4v) is 2.14. The fourth-order valence-electron chi connectivity index (χ4n) is 2.14. The van der Waals surface area contributed by atoms with Crippen LogP contribution in [0.25, 0.3) is 10.4 Å². The molecule has 0 atom stereocenters. The molecule has 1 rings (SSSR count). The molecule has 0 spiro atoms. The molecule has 1 fully saturated rings. The van der Waals surface area contributed by atoms with Crippen molar-refractivity contribution in [3.8, 4) is 0 Å². The third kappa shape index (κ3) is 3.99. The Balaban J connectivity index is 2.12. The first kappa shape index (κ1) is 11.3. The number of piperidine rings is 1. The molecule has 0 aromatic rings. The maximum absolute atomic E-state index is 8.15. The molecule has 0 amide bonds. The summed E-state index contributed by atoms with van der Waals surface area (Å²) in [4.78, 5) is 5.17. The lowest BCUT2D eigenvalue weighted by atomic mass is 9.92. The Hall–Kier alpha value is -0.730. The number of hydrogen-bond donors (Lipinski definition) is 0. The van der Waals surface area contributed by atoms with Crippen LogP contribution in [0.2, 0.25) is 0 Å². The molecule has 1 saturated heterocycles.